The Labute approximate surface area is 174 Å². The lowest BCUT2D eigenvalue weighted by Crippen LogP contribution is -2.39. The van der Waals surface area contributed by atoms with Crippen molar-refractivity contribution in [2.24, 2.45) is 10.8 Å². The highest BCUT2D eigenvalue weighted by Crippen LogP contribution is 2.24. The van der Waals surface area contributed by atoms with Gasteiger partial charge in [-0.3, -0.25) is 14.6 Å². The minimum atomic E-state index is -0.679. The summed E-state index contributed by atoms with van der Waals surface area (Å²) in [5, 5.41) is 8.82. The van der Waals surface area contributed by atoms with Gasteiger partial charge in [0.2, 0.25) is 5.91 Å². The Morgan fingerprint density at radius 2 is 1.80 bits per heavy atom. The van der Waals surface area contributed by atoms with E-state index in [-0.39, 0.29) is 18.0 Å². The monoisotopic (exact) mass is 402 g/mol. The molecule has 0 unspecified atom stereocenters. The molecule has 2 aromatic carbocycles. The number of imidazole rings is 1. The molecule has 3 aromatic rings. The number of benzene rings is 2. The van der Waals surface area contributed by atoms with Gasteiger partial charge in [0.05, 0.1) is 12.0 Å². The van der Waals surface area contributed by atoms with E-state index in [1.807, 2.05) is 65.4 Å². The summed E-state index contributed by atoms with van der Waals surface area (Å²) < 4.78 is 1.97. The van der Waals surface area contributed by atoms with Crippen LogP contribution < -0.4 is 16.1 Å². The van der Waals surface area contributed by atoms with Crippen molar-refractivity contribution in [2.75, 3.05) is 5.01 Å². The van der Waals surface area contributed by atoms with Crippen molar-refractivity contribution in [1.82, 2.24) is 14.9 Å². The van der Waals surface area contributed by atoms with Crippen molar-refractivity contribution >= 4 is 23.2 Å². The van der Waals surface area contributed by atoms with Crippen LogP contribution in [0.4, 0.5) is 5.69 Å². The van der Waals surface area contributed by atoms with Gasteiger partial charge in [0.25, 0.3) is 5.91 Å². The van der Waals surface area contributed by atoms with Crippen molar-refractivity contribution in [3.63, 3.8) is 0 Å². The predicted molar refractivity (Wildman–Crippen MR) is 114 cm³/mol. The van der Waals surface area contributed by atoms with Crippen LogP contribution in [0, 0.1) is 0 Å². The number of anilines is 1. The van der Waals surface area contributed by atoms with E-state index in [1.54, 1.807) is 12.5 Å². The lowest BCUT2D eigenvalue weighted by atomic mass is 10.1. The highest BCUT2D eigenvalue weighted by molar-refractivity contribution is 6.40. The average molecular weight is 402 g/mol. The van der Waals surface area contributed by atoms with Crippen LogP contribution in [0.25, 0.3) is 0 Å². The number of carbonyl (C=O) groups excluding carboxylic acids is 2. The van der Waals surface area contributed by atoms with Crippen LogP contribution in [-0.4, -0.2) is 33.1 Å². The first-order valence-electron chi connectivity index (χ1n) is 9.63. The second-order valence-corrected chi connectivity index (χ2v) is 7.04. The normalized spacial score (nSPS) is 15.7. The van der Waals surface area contributed by atoms with Crippen molar-refractivity contribution in [1.29, 1.82) is 0 Å². The fourth-order valence-corrected chi connectivity index (χ4v) is 3.43. The minimum Gasteiger partial charge on any atom is -0.368 e. The Kier molecular flexibility index (Phi) is 5.56. The van der Waals surface area contributed by atoms with Crippen LogP contribution in [0.2, 0.25) is 0 Å². The molecule has 0 bridgehead atoms. The summed E-state index contributed by atoms with van der Waals surface area (Å²) in [5.41, 5.74) is 8.64. The molecule has 1 atom stereocenters. The number of carbonyl (C=O) groups is 2. The number of hydrazone groups is 1. The third kappa shape index (κ3) is 4.22. The Balaban J connectivity index is 1.46. The van der Waals surface area contributed by atoms with E-state index in [0.717, 1.165) is 16.8 Å². The van der Waals surface area contributed by atoms with E-state index >= 15 is 0 Å². The summed E-state index contributed by atoms with van der Waals surface area (Å²) in [6.07, 6.45) is 5.55. The number of rotatable bonds is 7. The lowest BCUT2D eigenvalue weighted by Gasteiger charge is -2.20. The lowest BCUT2D eigenvalue weighted by molar-refractivity contribution is -0.119. The maximum Gasteiger partial charge on any atom is 0.267 e. The van der Waals surface area contributed by atoms with Gasteiger partial charge >= 0.3 is 0 Å². The number of nitrogens with zero attached hydrogens (tertiary/aromatic N) is 4. The molecule has 2 heterocycles. The Bertz CT molecular complexity index is 1060. The molecule has 0 saturated carbocycles. The van der Waals surface area contributed by atoms with Gasteiger partial charge in [-0.2, -0.15) is 5.10 Å². The summed E-state index contributed by atoms with van der Waals surface area (Å²) in [5.74, 6) is -0.826. The fraction of sp³-hybridized carbons (Fsp3) is 0.182. The zero-order chi connectivity index (χ0) is 20.9. The van der Waals surface area contributed by atoms with Gasteiger partial charge in [0, 0.05) is 31.9 Å². The van der Waals surface area contributed by atoms with Crippen LogP contribution in [0.15, 0.2) is 78.4 Å². The standard InChI is InChI=1S/C22H22N6O2/c23-21(29)20-12-19(26-28(20)18-8-2-1-3-9-18)22(30)25-13-16-6-4-5-7-17(16)14-27-11-10-24-15-27/h1-11,15,20H,12-14H2,(H2,23,29)(H,25,30)/t20-/m1/s1. The number of primary amides is 1. The van der Waals surface area contributed by atoms with Gasteiger partial charge < -0.3 is 15.6 Å². The van der Waals surface area contributed by atoms with Gasteiger partial charge in [-0.25, -0.2) is 4.98 Å². The molecular formula is C22H22N6O2. The molecule has 0 spiro atoms. The molecule has 152 valence electrons. The molecule has 2 amide bonds. The zero-order valence-electron chi connectivity index (χ0n) is 16.3. The third-order valence-corrected chi connectivity index (χ3v) is 4.99. The molecular weight excluding hydrogens is 380 g/mol. The Morgan fingerprint density at radius 3 is 2.50 bits per heavy atom. The molecule has 30 heavy (non-hydrogen) atoms. The number of hydrogen-bond donors (Lipinski definition) is 2. The molecule has 8 nitrogen and oxygen atoms in total. The van der Waals surface area contributed by atoms with Crippen molar-refractivity contribution in [3.8, 4) is 0 Å². The highest BCUT2D eigenvalue weighted by atomic mass is 16.2. The van der Waals surface area contributed by atoms with E-state index in [0.29, 0.717) is 13.1 Å². The number of hydrogen-bond acceptors (Lipinski definition) is 5. The third-order valence-electron chi connectivity index (χ3n) is 4.99. The number of nitrogens with two attached hydrogens (primary N) is 1. The fourth-order valence-electron chi connectivity index (χ4n) is 3.43. The molecule has 0 radical (unpaired) electrons. The molecule has 8 heteroatoms. The van der Waals surface area contributed by atoms with E-state index < -0.39 is 11.9 Å². The van der Waals surface area contributed by atoms with Gasteiger partial charge in [-0.1, -0.05) is 42.5 Å². The van der Waals surface area contributed by atoms with Gasteiger partial charge in [0.15, 0.2) is 0 Å². The first-order chi connectivity index (χ1) is 14.6. The predicted octanol–water partition coefficient (Wildman–Crippen LogP) is 1.67. The summed E-state index contributed by atoms with van der Waals surface area (Å²) in [6, 6.07) is 16.4. The van der Waals surface area contributed by atoms with Gasteiger partial charge in [-0.15, -0.1) is 0 Å². The number of nitrogens with one attached hydrogen (secondary N) is 1. The second-order valence-electron chi connectivity index (χ2n) is 7.04. The molecule has 4 rings (SSSR count). The number of amides is 2. The van der Waals surface area contributed by atoms with E-state index in [2.05, 4.69) is 15.4 Å². The quantitative estimate of drug-likeness (QED) is 0.627. The van der Waals surface area contributed by atoms with E-state index in [1.165, 1.54) is 5.01 Å². The average Bonchev–Trinajstić information content (AvgIpc) is 3.44. The Hall–Kier alpha value is -3.94. The molecule has 0 fully saturated rings. The zero-order valence-corrected chi connectivity index (χ0v) is 16.3. The topological polar surface area (TPSA) is 106 Å². The van der Waals surface area contributed by atoms with Crippen molar-refractivity contribution in [2.45, 2.75) is 25.6 Å². The summed E-state index contributed by atoms with van der Waals surface area (Å²) >= 11 is 0. The summed E-state index contributed by atoms with van der Waals surface area (Å²) in [7, 11) is 0. The number of aromatic nitrogens is 2. The van der Waals surface area contributed by atoms with Gasteiger partial charge in [-0.05, 0) is 23.3 Å². The van der Waals surface area contributed by atoms with Crippen molar-refractivity contribution in [3.05, 3.63) is 84.4 Å². The van der Waals surface area contributed by atoms with Crippen LogP contribution in [0.3, 0.4) is 0 Å². The van der Waals surface area contributed by atoms with Gasteiger partial charge in [0.1, 0.15) is 11.8 Å². The SMILES string of the molecule is NC(=O)[C@H]1CC(C(=O)NCc2ccccc2Cn2ccnc2)=NN1c1ccccc1. The largest absolute Gasteiger partial charge is 0.368 e. The number of para-hydroxylation sites is 1. The van der Waals surface area contributed by atoms with Crippen LogP contribution in [0.5, 0.6) is 0 Å². The first-order valence-corrected chi connectivity index (χ1v) is 9.63. The van der Waals surface area contributed by atoms with Crippen LogP contribution in [0.1, 0.15) is 17.5 Å². The smallest absolute Gasteiger partial charge is 0.267 e. The van der Waals surface area contributed by atoms with E-state index in [9.17, 15) is 9.59 Å². The Morgan fingerprint density at radius 1 is 1.07 bits per heavy atom. The molecule has 0 aliphatic carbocycles. The van der Waals surface area contributed by atoms with E-state index in [4.69, 9.17) is 5.73 Å². The summed E-state index contributed by atoms with van der Waals surface area (Å²) in [6.45, 7) is 1.02. The maximum atomic E-state index is 12.8. The second kappa shape index (κ2) is 8.60. The molecule has 0 saturated heterocycles. The molecule has 1 aromatic heterocycles. The van der Waals surface area contributed by atoms with Crippen molar-refractivity contribution < 1.29 is 9.59 Å². The highest BCUT2D eigenvalue weighted by Gasteiger charge is 2.34. The minimum absolute atomic E-state index is 0.173. The summed E-state index contributed by atoms with van der Waals surface area (Å²) in [4.78, 5) is 28.7. The molecule has 1 aliphatic heterocycles. The first kappa shape index (κ1) is 19.4. The maximum absolute atomic E-state index is 12.8. The van der Waals surface area contributed by atoms with Crippen LogP contribution >= 0.6 is 0 Å². The molecule has 3 N–H and O–H groups in total. The molecule has 1 aliphatic rings. The van der Waals surface area contributed by atoms with Crippen LogP contribution in [-0.2, 0) is 22.7 Å².